The third kappa shape index (κ3) is 5.03. The Morgan fingerprint density at radius 1 is 1.18 bits per heavy atom. The number of unbranched alkanes of at least 4 members (excludes halogenated alkanes) is 3. The summed E-state index contributed by atoms with van der Waals surface area (Å²) in [5.41, 5.74) is 0.375. The molecule has 1 aromatic carbocycles. The summed E-state index contributed by atoms with van der Waals surface area (Å²) in [6, 6.07) is 4.25. The van der Waals surface area contributed by atoms with E-state index in [-0.39, 0.29) is 5.38 Å². The molecule has 17 heavy (non-hydrogen) atoms. The molecule has 0 radical (unpaired) electrons. The van der Waals surface area contributed by atoms with Crippen molar-refractivity contribution in [1.82, 2.24) is 0 Å². The van der Waals surface area contributed by atoms with Gasteiger partial charge in [-0.1, -0.05) is 44.7 Å². The fourth-order valence-electron chi connectivity index (χ4n) is 1.84. The minimum absolute atomic E-state index is 0.108. The van der Waals surface area contributed by atoms with Gasteiger partial charge in [-0.25, -0.2) is 8.78 Å². The second kappa shape index (κ2) is 7.65. The summed E-state index contributed by atoms with van der Waals surface area (Å²) in [4.78, 5) is 0. The Hall–Kier alpha value is -0.630. The van der Waals surface area contributed by atoms with Gasteiger partial charge in [-0.15, -0.1) is 11.6 Å². The zero-order valence-corrected chi connectivity index (χ0v) is 10.9. The molecule has 0 saturated heterocycles. The predicted molar refractivity (Wildman–Crippen MR) is 68.5 cm³/mol. The van der Waals surface area contributed by atoms with Crippen molar-refractivity contribution >= 4 is 11.6 Å². The molecule has 0 N–H and O–H groups in total. The van der Waals surface area contributed by atoms with Crippen molar-refractivity contribution in [3.63, 3.8) is 0 Å². The first-order valence-electron chi connectivity index (χ1n) is 6.22. The Balaban J connectivity index is 2.39. The monoisotopic (exact) mass is 260 g/mol. The van der Waals surface area contributed by atoms with Gasteiger partial charge in [-0.3, -0.25) is 0 Å². The lowest BCUT2D eigenvalue weighted by molar-refractivity contribution is 0.495. The largest absolute Gasteiger partial charge is 0.204 e. The van der Waals surface area contributed by atoms with Crippen LogP contribution < -0.4 is 0 Å². The lowest BCUT2D eigenvalue weighted by Crippen LogP contribution is -2.06. The average Bonchev–Trinajstić information content (AvgIpc) is 2.31. The van der Waals surface area contributed by atoms with Crippen molar-refractivity contribution in [1.29, 1.82) is 0 Å². The Bertz CT molecular complexity index is 339. The van der Waals surface area contributed by atoms with Crippen LogP contribution in [0, 0.1) is 11.6 Å². The maximum Gasteiger partial charge on any atom is 0.162 e. The van der Waals surface area contributed by atoms with Crippen LogP contribution in [0.25, 0.3) is 0 Å². The molecule has 0 aromatic heterocycles. The Morgan fingerprint density at radius 2 is 1.94 bits per heavy atom. The van der Waals surface area contributed by atoms with Gasteiger partial charge in [0.25, 0.3) is 0 Å². The topological polar surface area (TPSA) is 0 Å². The van der Waals surface area contributed by atoms with E-state index in [1.165, 1.54) is 18.9 Å². The van der Waals surface area contributed by atoms with Gasteiger partial charge in [-0.2, -0.15) is 0 Å². The normalized spacial score (nSPS) is 12.7. The summed E-state index contributed by atoms with van der Waals surface area (Å²) >= 11 is 6.13. The molecule has 0 amide bonds. The smallest absolute Gasteiger partial charge is 0.162 e. The maximum atomic E-state index is 13.4. The molecule has 0 bridgehead atoms. The maximum absolute atomic E-state index is 13.4. The van der Waals surface area contributed by atoms with Gasteiger partial charge < -0.3 is 0 Å². The number of hydrogen-bond acceptors (Lipinski definition) is 0. The van der Waals surface area contributed by atoms with E-state index in [4.69, 9.17) is 11.6 Å². The number of rotatable bonds is 7. The Kier molecular flexibility index (Phi) is 6.49. The van der Waals surface area contributed by atoms with E-state index >= 15 is 0 Å². The second-order valence-corrected chi connectivity index (χ2v) is 4.98. The molecular formula is C14H19ClF2. The van der Waals surface area contributed by atoms with Gasteiger partial charge in [0, 0.05) is 5.38 Å². The van der Waals surface area contributed by atoms with Gasteiger partial charge in [0.1, 0.15) is 0 Å². The number of benzene rings is 1. The zero-order valence-electron chi connectivity index (χ0n) is 10.2. The fourth-order valence-corrected chi connectivity index (χ4v) is 2.16. The molecule has 0 aliphatic heterocycles. The van der Waals surface area contributed by atoms with Crippen molar-refractivity contribution < 1.29 is 8.78 Å². The molecule has 1 aromatic rings. The first-order chi connectivity index (χ1) is 8.15. The standard InChI is InChI=1S/C14H19ClF2/c1-2-3-4-5-8-12(15)10-11-7-6-9-13(16)14(11)17/h6-7,9,12H,2-5,8,10H2,1H3. The Labute approximate surface area is 107 Å². The van der Waals surface area contributed by atoms with Crippen molar-refractivity contribution in [2.75, 3.05) is 0 Å². The summed E-state index contributed by atoms with van der Waals surface area (Å²) < 4.78 is 26.3. The van der Waals surface area contributed by atoms with Crippen molar-refractivity contribution in [3.05, 3.63) is 35.4 Å². The molecule has 0 fully saturated rings. The van der Waals surface area contributed by atoms with Crippen LogP contribution >= 0.6 is 11.6 Å². The fraction of sp³-hybridized carbons (Fsp3) is 0.571. The van der Waals surface area contributed by atoms with Crippen LogP contribution in [0.15, 0.2) is 18.2 Å². The van der Waals surface area contributed by atoms with E-state index in [0.717, 1.165) is 25.3 Å². The molecule has 0 heterocycles. The minimum Gasteiger partial charge on any atom is -0.204 e. The van der Waals surface area contributed by atoms with Crippen LogP contribution in [-0.4, -0.2) is 5.38 Å². The van der Waals surface area contributed by atoms with E-state index in [2.05, 4.69) is 6.92 Å². The highest BCUT2D eigenvalue weighted by Crippen LogP contribution is 2.19. The van der Waals surface area contributed by atoms with Crippen LogP contribution in [0.4, 0.5) is 8.78 Å². The third-order valence-corrected chi connectivity index (χ3v) is 3.22. The van der Waals surface area contributed by atoms with E-state index in [9.17, 15) is 8.78 Å². The van der Waals surface area contributed by atoms with Crippen molar-refractivity contribution in [2.45, 2.75) is 50.8 Å². The summed E-state index contributed by atoms with van der Waals surface area (Å²) in [6.07, 6.45) is 5.86. The van der Waals surface area contributed by atoms with Crippen LogP contribution in [0.1, 0.15) is 44.6 Å². The molecule has 96 valence electrons. The lowest BCUT2D eigenvalue weighted by atomic mass is 10.0. The molecule has 1 atom stereocenters. The molecule has 0 aliphatic rings. The SMILES string of the molecule is CCCCCCC(Cl)Cc1cccc(F)c1F. The van der Waals surface area contributed by atoms with E-state index in [0.29, 0.717) is 12.0 Å². The van der Waals surface area contributed by atoms with Crippen LogP contribution in [0.3, 0.4) is 0 Å². The molecule has 0 aliphatic carbocycles. The lowest BCUT2D eigenvalue weighted by Gasteiger charge is -2.10. The molecular weight excluding hydrogens is 242 g/mol. The number of alkyl halides is 1. The predicted octanol–water partition coefficient (Wildman–Crippen LogP) is 5.09. The first kappa shape index (κ1) is 14.4. The number of halogens is 3. The van der Waals surface area contributed by atoms with Gasteiger partial charge in [0.2, 0.25) is 0 Å². The van der Waals surface area contributed by atoms with Gasteiger partial charge in [0.05, 0.1) is 0 Å². The Morgan fingerprint density at radius 3 is 2.65 bits per heavy atom. The van der Waals surface area contributed by atoms with E-state index in [1.807, 2.05) is 0 Å². The molecule has 3 heteroatoms. The second-order valence-electron chi connectivity index (χ2n) is 4.36. The van der Waals surface area contributed by atoms with Crippen LogP contribution in [0.5, 0.6) is 0 Å². The summed E-state index contributed by atoms with van der Waals surface area (Å²) in [5, 5.41) is -0.108. The van der Waals surface area contributed by atoms with E-state index < -0.39 is 11.6 Å². The minimum atomic E-state index is -0.794. The van der Waals surface area contributed by atoms with Crippen LogP contribution in [-0.2, 0) is 6.42 Å². The van der Waals surface area contributed by atoms with Gasteiger partial charge in [-0.05, 0) is 24.5 Å². The van der Waals surface area contributed by atoms with Gasteiger partial charge in [0.15, 0.2) is 11.6 Å². The molecule has 0 saturated carbocycles. The number of hydrogen-bond donors (Lipinski definition) is 0. The van der Waals surface area contributed by atoms with Crippen molar-refractivity contribution in [2.24, 2.45) is 0 Å². The highest BCUT2D eigenvalue weighted by Gasteiger charge is 2.12. The summed E-state index contributed by atoms with van der Waals surface area (Å²) in [7, 11) is 0. The van der Waals surface area contributed by atoms with Crippen LogP contribution in [0.2, 0.25) is 0 Å². The summed E-state index contributed by atoms with van der Waals surface area (Å²) in [6.45, 7) is 2.15. The van der Waals surface area contributed by atoms with E-state index in [1.54, 1.807) is 6.07 Å². The molecule has 1 rings (SSSR count). The summed E-state index contributed by atoms with van der Waals surface area (Å²) in [5.74, 6) is -1.55. The highest BCUT2D eigenvalue weighted by molar-refractivity contribution is 6.20. The molecule has 0 nitrogen and oxygen atoms in total. The highest BCUT2D eigenvalue weighted by atomic mass is 35.5. The molecule has 0 spiro atoms. The quantitative estimate of drug-likeness (QED) is 0.473. The zero-order chi connectivity index (χ0) is 12.7. The third-order valence-electron chi connectivity index (χ3n) is 2.84. The molecule has 1 unspecified atom stereocenters. The average molecular weight is 261 g/mol. The first-order valence-corrected chi connectivity index (χ1v) is 6.65. The van der Waals surface area contributed by atoms with Gasteiger partial charge >= 0.3 is 0 Å². The van der Waals surface area contributed by atoms with Crippen molar-refractivity contribution in [3.8, 4) is 0 Å².